The van der Waals surface area contributed by atoms with Crippen LogP contribution in [0, 0.1) is 5.82 Å². The van der Waals surface area contributed by atoms with Crippen molar-refractivity contribution >= 4 is 11.8 Å². The highest BCUT2D eigenvalue weighted by Gasteiger charge is 2.27. The fourth-order valence-electron chi connectivity index (χ4n) is 2.88. The SMILES string of the molecule is CCc1ccc(OCC(=O)N(Cc2ccc(F)cc2)[C@H](C)C(=O)N[C@H](C)CC)cc1. The number of amides is 2. The van der Waals surface area contributed by atoms with Gasteiger partial charge in [-0.25, -0.2) is 4.39 Å². The third kappa shape index (κ3) is 6.87. The smallest absolute Gasteiger partial charge is 0.261 e. The van der Waals surface area contributed by atoms with Gasteiger partial charge in [-0.1, -0.05) is 38.1 Å². The van der Waals surface area contributed by atoms with Crippen molar-refractivity contribution in [2.24, 2.45) is 0 Å². The van der Waals surface area contributed by atoms with Crippen LogP contribution in [-0.4, -0.2) is 35.4 Å². The van der Waals surface area contributed by atoms with Crippen LogP contribution in [0.1, 0.15) is 45.2 Å². The molecule has 1 N–H and O–H groups in total. The monoisotopic (exact) mass is 414 g/mol. The molecule has 0 bridgehead atoms. The Balaban J connectivity index is 2.12. The van der Waals surface area contributed by atoms with Gasteiger partial charge in [0.05, 0.1) is 0 Å². The molecule has 2 amide bonds. The van der Waals surface area contributed by atoms with Gasteiger partial charge in [-0.15, -0.1) is 0 Å². The summed E-state index contributed by atoms with van der Waals surface area (Å²) in [7, 11) is 0. The van der Waals surface area contributed by atoms with Crippen LogP contribution in [0.2, 0.25) is 0 Å². The standard InChI is InChI=1S/C24H31FN2O3/c1-5-17(3)26-24(29)18(4)27(15-20-7-11-21(25)12-8-20)23(28)16-30-22-13-9-19(6-2)10-14-22/h7-14,17-18H,5-6,15-16H2,1-4H3,(H,26,29)/t17-,18-/m1/s1. The summed E-state index contributed by atoms with van der Waals surface area (Å²) in [6.07, 6.45) is 1.72. The molecule has 0 aliphatic rings. The van der Waals surface area contributed by atoms with Gasteiger partial charge in [-0.3, -0.25) is 9.59 Å². The van der Waals surface area contributed by atoms with Gasteiger partial charge in [0.15, 0.2) is 6.61 Å². The maximum Gasteiger partial charge on any atom is 0.261 e. The highest BCUT2D eigenvalue weighted by Crippen LogP contribution is 2.15. The number of ether oxygens (including phenoxy) is 1. The number of benzene rings is 2. The minimum absolute atomic E-state index is 0.0102. The average Bonchev–Trinajstić information content (AvgIpc) is 2.76. The average molecular weight is 415 g/mol. The lowest BCUT2D eigenvalue weighted by Gasteiger charge is -2.29. The maximum atomic E-state index is 13.2. The number of aryl methyl sites for hydroxylation is 1. The second-order valence-corrected chi connectivity index (χ2v) is 7.43. The summed E-state index contributed by atoms with van der Waals surface area (Å²) in [6.45, 7) is 7.65. The molecule has 6 heteroatoms. The first kappa shape index (κ1) is 23.4. The van der Waals surface area contributed by atoms with E-state index in [1.807, 2.05) is 38.1 Å². The van der Waals surface area contributed by atoms with E-state index in [0.29, 0.717) is 5.75 Å². The number of hydrogen-bond acceptors (Lipinski definition) is 3. The van der Waals surface area contributed by atoms with Crippen LogP contribution in [0.3, 0.4) is 0 Å². The van der Waals surface area contributed by atoms with E-state index in [-0.39, 0.29) is 36.8 Å². The number of halogens is 1. The fourth-order valence-corrected chi connectivity index (χ4v) is 2.88. The Hall–Kier alpha value is -2.89. The van der Waals surface area contributed by atoms with Crippen LogP contribution in [0.25, 0.3) is 0 Å². The minimum atomic E-state index is -0.692. The molecule has 0 saturated heterocycles. The van der Waals surface area contributed by atoms with Gasteiger partial charge in [0.25, 0.3) is 5.91 Å². The predicted molar refractivity (Wildman–Crippen MR) is 116 cm³/mol. The number of nitrogens with zero attached hydrogens (tertiary/aromatic N) is 1. The lowest BCUT2D eigenvalue weighted by atomic mass is 10.1. The molecule has 5 nitrogen and oxygen atoms in total. The van der Waals surface area contributed by atoms with Gasteiger partial charge in [0.1, 0.15) is 17.6 Å². The van der Waals surface area contributed by atoms with Crippen LogP contribution in [0.15, 0.2) is 48.5 Å². The van der Waals surface area contributed by atoms with Crippen molar-refractivity contribution < 1.29 is 18.7 Å². The van der Waals surface area contributed by atoms with Crippen molar-refractivity contribution in [1.29, 1.82) is 0 Å². The summed E-state index contributed by atoms with van der Waals surface area (Å²) in [5.74, 6) is -0.296. The van der Waals surface area contributed by atoms with Crippen molar-refractivity contribution in [1.82, 2.24) is 10.2 Å². The van der Waals surface area contributed by atoms with Gasteiger partial charge in [0.2, 0.25) is 5.91 Å². The summed E-state index contributed by atoms with van der Waals surface area (Å²) >= 11 is 0. The quantitative estimate of drug-likeness (QED) is 0.637. The Labute approximate surface area is 178 Å². The Morgan fingerprint density at radius 3 is 2.17 bits per heavy atom. The van der Waals surface area contributed by atoms with E-state index in [2.05, 4.69) is 12.2 Å². The van der Waals surface area contributed by atoms with E-state index in [1.165, 1.54) is 22.6 Å². The number of carbonyl (C=O) groups excluding carboxylic acids is 2. The Bertz CT molecular complexity index is 821. The van der Waals surface area contributed by atoms with Gasteiger partial charge in [-0.2, -0.15) is 0 Å². The molecular formula is C24H31FN2O3. The molecule has 2 aromatic rings. The van der Waals surface area contributed by atoms with Gasteiger partial charge >= 0.3 is 0 Å². The second-order valence-electron chi connectivity index (χ2n) is 7.43. The van der Waals surface area contributed by atoms with E-state index in [1.54, 1.807) is 19.1 Å². The number of hydrogen-bond donors (Lipinski definition) is 1. The molecule has 162 valence electrons. The molecule has 0 heterocycles. The molecule has 2 aromatic carbocycles. The summed E-state index contributed by atoms with van der Waals surface area (Å²) in [5, 5.41) is 2.91. The Morgan fingerprint density at radius 1 is 1.00 bits per heavy atom. The first-order chi connectivity index (χ1) is 14.3. The van der Waals surface area contributed by atoms with Gasteiger partial charge < -0.3 is 15.0 Å². The van der Waals surface area contributed by atoms with Crippen LogP contribution >= 0.6 is 0 Å². The van der Waals surface area contributed by atoms with Crippen LogP contribution in [-0.2, 0) is 22.6 Å². The molecule has 0 aliphatic carbocycles. The van der Waals surface area contributed by atoms with Crippen molar-refractivity contribution in [3.05, 3.63) is 65.5 Å². The predicted octanol–water partition coefficient (Wildman–Crippen LogP) is 4.10. The summed E-state index contributed by atoms with van der Waals surface area (Å²) in [6, 6.07) is 12.8. The Kier molecular flexibility index (Phi) is 8.84. The highest BCUT2D eigenvalue weighted by molar-refractivity contribution is 5.88. The molecule has 0 saturated carbocycles. The third-order valence-electron chi connectivity index (χ3n) is 5.13. The normalized spacial score (nSPS) is 12.7. The van der Waals surface area contributed by atoms with E-state index >= 15 is 0 Å². The molecule has 30 heavy (non-hydrogen) atoms. The first-order valence-corrected chi connectivity index (χ1v) is 10.4. The Morgan fingerprint density at radius 2 is 1.60 bits per heavy atom. The molecule has 0 unspecified atom stereocenters. The van der Waals surface area contributed by atoms with Gasteiger partial charge in [0, 0.05) is 12.6 Å². The largest absolute Gasteiger partial charge is 0.484 e. The second kappa shape index (κ2) is 11.3. The summed E-state index contributed by atoms with van der Waals surface area (Å²) in [5.41, 5.74) is 1.92. The van der Waals surface area contributed by atoms with Crippen molar-refractivity contribution in [2.75, 3.05) is 6.61 Å². The lowest BCUT2D eigenvalue weighted by molar-refractivity contribution is -0.142. The fraction of sp³-hybridized carbons (Fsp3) is 0.417. The molecule has 0 fully saturated rings. The zero-order valence-corrected chi connectivity index (χ0v) is 18.2. The zero-order valence-electron chi connectivity index (χ0n) is 18.2. The maximum absolute atomic E-state index is 13.2. The third-order valence-corrected chi connectivity index (χ3v) is 5.13. The van der Waals surface area contributed by atoms with E-state index in [0.717, 1.165) is 18.4 Å². The zero-order chi connectivity index (χ0) is 22.1. The lowest BCUT2D eigenvalue weighted by Crippen LogP contribution is -2.50. The molecule has 2 rings (SSSR count). The number of nitrogens with one attached hydrogen (secondary N) is 1. The molecule has 0 radical (unpaired) electrons. The van der Waals surface area contributed by atoms with Crippen molar-refractivity contribution in [3.63, 3.8) is 0 Å². The molecule has 0 spiro atoms. The van der Waals surface area contributed by atoms with Crippen LogP contribution in [0.4, 0.5) is 4.39 Å². The first-order valence-electron chi connectivity index (χ1n) is 10.4. The highest BCUT2D eigenvalue weighted by atomic mass is 19.1. The number of carbonyl (C=O) groups is 2. The number of rotatable bonds is 10. The summed E-state index contributed by atoms with van der Waals surface area (Å²) < 4.78 is 18.9. The summed E-state index contributed by atoms with van der Waals surface area (Å²) in [4.78, 5) is 27.1. The van der Waals surface area contributed by atoms with E-state index < -0.39 is 6.04 Å². The van der Waals surface area contributed by atoms with Crippen LogP contribution < -0.4 is 10.1 Å². The minimum Gasteiger partial charge on any atom is -0.484 e. The van der Waals surface area contributed by atoms with Crippen molar-refractivity contribution in [3.8, 4) is 5.75 Å². The van der Waals surface area contributed by atoms with E-state index in [9.17, 15) is 14.0 Å². The van der Waals surface area contributed by atoms with E-state index in [4.69, 9.17) is 4.74 Å². The van der Waals surface area contributed by atoms with Crippen molar-refractivity contribution in [2.45, 2.75) is 59.2 Å². The molecule has 0 aromatic heterocycles. The van der Waals surface area contributed by atoms with Crippen LogP contribution in [0.5, 0.6) is 5.75 Å². The molecule has 0 aliphatic heterocycles. The molecular weight excluding hydrogens is 383 g/mol. The van der Waals surface area contributed by atoms with Gasteiger partial charge in [-0.05, 0) is 62.1 Å². The molecule has 2 atom stereocenters. The topological polar surface area (TPSA) is 58.6 Å².